The van der Waals surface area contributed by atoms with Crippen molar-refractivity contribution in [2.75, 3.05) is 0 Å². The molecule has 1 N–H and O–H groups in total. The van der Waals surface area contributed by atoms with Crippen molar-refractivity contribution in [3.05, 3.63) is 59.5 Å². The van der Waals surface area contributed by atoms with Crippen molar-refractivity contribution >= 4 is 0 Å². The first-order valence-electron chi connectivity index (χ1n) is 6.55. The zero-order chi connectivity index (χ0) is 12.8. The standard InChI is InChI=1S/C16H21NO/c1-13-5-3-6-15(11-13)12-17-14(2)8-9-16-7-4-10-18-16/h3-7,10-11,14,17H,8-9,12H2,1-2H3. The second-order valence-electron chi connectivity index (χ2n) is 4.89. The van der Waals surface area contributed by atoms with Crippen LogP contribution in [-0.4, -0.2) is 6.04 Å². The summed E-state index contributed by atoms with van der Waals surface area (Å²) < 4.78 is 5.33. The lowest BCUT2D eigenvalue weighted by Crippen LogP contribution is -2.25. The van der Waals surface area contributed by atoms with Gasteiger partial charge < -0.3 is 9.73 Å². The lowest BCUT2D eigenvalue weighted by molar-refractivity contribution is 0.460. The SMILES string of the molecule is Cc1cccc(CNC(C)CCc2ccco2)c1. The number of hydrogen-bond acceptors (Lipinski definition) is 2. The summed E-state index contributed by atoms with van der Waals surface area (Å²) in [6.07, 6.45) is 3.83. The van der Waals surface area contributed by atoms with Gasteiger partial charge in [-0.25, -0.2) is 0 Å². The van der Waals surface area contributed by atoms with Crippen LogP contribution in [-0.2, 0) is 13.0 Å². The van der Waals surface area contributed by atoms with Crippen LogP contribution in [0.4, 0.5) is 0 Å². The van der Waals surface area contributed by atoms with Crippen molar-refractivity contribution in [2.45, 2.75) is 39.3 Å². The molecule has 0 spiro atoms. The summed E-state index contributed by atoms with van der Waals surface area (Å²) in [4.78, 5) is 0. The van der Waals surface area contributed by atoms with Crippen molar-refractivity contribution in [3.63, 3.8) is 0 Å². The van der Waals surface area contributed by atoms with Gasteiger partial charge >= 0.3 is 0 Å². The Kier molecular flexibility index (Phi) is 4.59. The van der Waals surface area contributed by atoms with E-state index < -0.39 is 0 Å². The molecule has 2 nitrogen and oxygen atoms in total. The fraction of sp³-hybridized carbons (Fsp3) is 0.375. The van der Waals surface area contributed by atoms with E-state index in [-0.39, 0.29) is 0 Å². The minimum atomic E-state index is 0.496. The molecule has 0 aliphatic heterocycles. The lowest BCUT2D eigenvalue weighted by atomic mass is 10.1. The van der Waals surface area contributed by atoms with Gasteiger partial charge in [0.15, 0.2) is 0 Å². The molecule has 96 valence electrons. The quantitative estimate of drug-likeness (QED) is 0.837. The summed E-state index contributed by atoms with van der Waals surface area (Å²) in [5.74, 6) is 1.07. The molecule has 2 aromatic rings. The Labute approximate surface area is 109 Å². The molecule has 1 heterocycles. The van der Waals surface area contributed by atoms with Gasteiger partial charge in [-0.3, -0.25) is 0 Å². The molecule has 1 aromatic carbocycles. The van der Waals surface area contributed by atoms with Gasteiger partial charge in [0.1, 0.15) is 5.76 Å². The molecule has 0 radical (unpaired) electrons. The molecule has 1 aromatic heterocycles. The number of furan rings is 1. The molecule has 1 atom stereocenters. The van der Waals surface area contributed by atoms with E-state index >= 15 is 0 Å². The zero-order valence-electron chi connectivity index (χ0n) is 11.1. The van der Waals surface area contributed by atoms with Crippen LogP contribution in [0.25, 0.3) is 0 Å². The number of nitrogens with one attached hydrogen (secondary N) is 1. The third-order valence-electron chi connectivity index (χ3n) is 3.14. The maximum Gasteiger partial charge on any atom is 0.103 e. The van der Waals surface area contributed by atoms with Crippen LogP contribution in [0.5, 0.6) is 0 Å². The largest absolute Gasteiger partial charge is 0.469 e. The predicted octanol–water partition coefficient (Wildman–Crippen LogP) is 3.70. The van der Waals surface area contributed by atoms with Crippen molar-refractivity contribution < 1.29 is 4.42 Å². The fourth-order valence-electron chi connectivity index (χ4n) is 2.03. The average Bonchev–Trinajstić information content (AvgIpc) is 2.87. The fourth-order valence-corrected chi connectivity index (χ4v) is 2.03. The Balaban J connectivity index is 1.73. The highest BCUT2D eigenvalue weighted by molar-refractivity contribution is 5.22. The van der Waals surface area contributed by atoms with Crippen LogP contribution in [0.1, 0.15) is 30.2 Å². The second-order valence-corrected chi connectivity index (χ2v) is 4.89. The van der Waals surface area contributed by atoms with E-state index in [0.717, 1.165) is 25.1 Å². The summed E-state index contributed by atoms with van der Waals surface area (Å²) in [6, 6.07) is 13.1. The Morgan fingerprint density at radius 3 is 2.83 bits per heavy atom. The van der Waals surface area contributed by atoms with Gasteiger partial charge in [-0.15, -0.1) is 0 Å². The number of hydrogen-bond donors (Lipinski definition) is 1. The Bertz CT molecular complexity index is 462. The van der Waals surface area contributed by atoms with Gasteiger partial charge in [0.25, 0.3) is 0 Å². The van der Waals surface area contributed by atoms with Gasteiger partial charge in [-0.05, 0) is 38.0 Å². The van der Waals surface area contributed by atoms with Crippen LogP contribution in [0, 0.1) is 6.92 Å². The molecular weight excluding hydrogens is 222 g/mol. The Morgan fingerprint density at radius 2 is 2.11 bits per heavy atom. The van der Waals surface area contributed by atoms with Crippen LogP contribution in [0.2, 0.25) is 0 Å². The van der Waals surface area contributed by atoms with E-state index in [4.69, 9.17) is 4.42 Å². The van der Waals surface area contributed by atoms with E-state index in [9.17, 15) is 0 Å². The summed E-state index contributed by atoms with van der Waals surface area (Å²) in [5.41, 5.74) is 2.66. The molecular formula is C16H21NO. The van der Waals surface area contributed by atoms with Crippen LogP contribution < -0.4 is 5.32 Å². The third kappa shape index (κ3) is 4.04. The number of benzene rings is 1. The third-order valence-corrected chi connectivity index (χ3v) is 3.14. The smallest absolute Gasteiger partial charge is 0.103 e. The van der Waals surface area contributed by atoms with Crippen LogP contribution in [0.3, 0.4) is 0 Å². The zero-order valence-corrected chi connectivity index (χ0v) is 11.1. The van der Waals surface area contributed by atoms with Crippen LogP contribution in [0.15, 0.2) is 47.1 Å². The summed E-state index contributed by atoms with van der Waals surface area (Å²) in [5, 5.41) is 3.55. The van der Waals surface area contributed by atoms with E-state index in [1.165, 1.54) is 11.1 Å². The Morgan fingerprint density at radius 1 is 1.22 bits per heavy atom. The Hall–Kier alpha value is -1.54. The first kappa shape index (κ1) is 12.9. The molecule has 0 saturated heterocycles. The van der Waals surface area contributed by atoms with Crippen molar-refractivity contribution in [1.29, 1.82) is 0 Å². The van der Waals surface area contributed by atoms with Gasteiger partial charge in [0.2, 0.25) is 0 Å². The molecule has 2 rings (SSSR count). The minimum Gasteiger partial charge on any atom is -0.469 e. The van der Waals surface area contributed by atoms with E-state index in [1.54, 1.807) is 6.26 Å². The van der Waals surface area contributed by atoms with Gasteiger partial charge in [-0.1, -0.05) is 29.8 Å². The summed E-state index contributed by atoms with van der Waals surface area (Å²) in [6.45, 7) is 5.28. The minimum absolute atomic E-state index is 0.496. The molecule has 0 aliphatic rings. The van der Waals surface area contributed by atoms with Gasteiger partial charge in [0.05, 0.1) is 6.26 Å². The highest BCUT2D eigenvalue weighted by Gasteiger charge is 2.03. The maximum absolute atomic E-state index is 5.33. The van der Waals surface area contributed by atoms with Gasteiger partial charge in [-0.2, -0.15) is 0 Å². The normalized spacial score (nSPS) is 12.6. The highest BCUT2D eigenvalue weighted by Crippen LogP contribution is 2.07. The molecule has 1 unspecified atom stereocenters. The molecule has 2 heteroatoms. The summed E-state index contributed by atoms with van der Waals surface area (Å²) >= 11 is 0. The molecule has 0 saturated carbocycles. The van der Waals surface area contributed by atoms with E-state index in [1.807, 2.05) is 12.1 Å². The first-order valence-corrected chi connectivity index (χ1v) is 6.55. The first-order chi connectivity index (χ1) is 8.74. The maximum atomic E-state index is 5.33. The predicted molar refractivity (Wildman–Crippen MR) is 74.5 cm³/mol. The summed E-state index contributed by atoms with van der Waals surface area (Å²) in [7, 11) is 0. The monoisotopic (exact) mass is 243 g/mol. The highest BCUT2D eigenvalue weighted by atomic mass is 16.3. The van der Waals surface area contributed by atoms with Crippen molar-refractivity contribution in [3.8, 4) is 0 Å². The lowest BCUT2D eigenvalue weighted by Gasteiger charge is -2.13. The van der Waals surface area contributed by atoms with Crippen LogP contribution >= 0.6 is 0 Å². The average molecular weight is 243 g/mol. The van der Waals surface area contributed by atoms with Crippen molar-refractivity contribution in [2.24, 2.45) is 0 Å². The van der Waals surface area contributed by atoms with Gasteiger partial charge in [0, 0.05) is 19.0 Å². The van der Waals surface area contributed by atoms with E-state index in [2.05, 4.69) is 43.4 Å². The molecule has 0 aliphatic carbocycles. The number of aryl methyl sites for hydroxylation is 2. The molecule has 0 bridgehead atoms. The molecule has 0 amide bonds. The second kappa shape index (κ2) is 6.41. The van der Waals surface area contributed by atoms with Crippen molar-refractivity contribution in [1.82, 2.24) is 5.32 Å². The molecule has 0 fully saturated rings. The topological polar surface area (TPSA) is 25.2 Å². The number of rotatable bonds is 6. The van der Waals surface area contributed by atoms with E-state index in [0.29, 0.717) is 6.04 Å². The molecule has 18 heavy (non-hydrogen) atoms.